The number of nitrogens with one attached hydrogen (secondary N) is 1. The number of rotatable bonds is 11. The molecule has 7 heteroatoms. The fourth-order valence-corrected chi connectivity index (χ4v) is 3.77. The van der Waals surface area contributed by atoms with Crippen molar-refractivity contribution in [3.8, 4) is 5.75 Å². The summed E-state index contributed by atoms with van der Waals surface area (Å²) in [7, 11) is 0. The summed E-state index contributed by atoms with van der Waals surface area (Å²) in [5.41, 5.74) is 1.21. The molecule has 0 spiro atoms. The Morgan fingerprint density at radius 1 is 1.03 bits per heavy atom. The van der Waals surface area contributed by atoms with E-state index in [4.69, 9.17) is 16.3 Å². The van der Waals surface area contributed by atoms with E-state index in [0.717, 1.165) is 12.0 Å². The van der Waals surface area contributed by atoms with Crippen molar-refractivity contribution in [2.75, 3.05) is 6.61 Å². The summed E-state index contributed by atoms with van der Waals surface area (Å²) in [5.74, 6) is -0.744. The highest BCUT2D eigenvalue weighted by atomic mass is 35.5. The minimum Gasteiger partial charge on any atom is -0.484 e. The Kier molecular flexibility index (Phi) is 9.67. The van der Waals surface area contributed by atoms with Gasteiger partial charge < -0.3 is 15.0 Å². The summed E-state index contributed by atoms with van der Waals surface area (Å²) in [6.07, 6.45) is 1.02. The molecule has 2 atom stereocenters. The molecule has 2 amide bonds. The van der Waals surface area contributed by atoms with Crippen LogP contribution in [0.15, 0.2) is 78.9 Å². The number of hydrogen-bond donors (Lipinski definition) is 1. The van der Waals surface area contributed by atoms with E-state index in [1.165, 1.54) is 11.0 Å². The summed E-state index contributed by atoms with van der Waals surface area (Å²) in [6, 6.07) is 21.5. The molecule has 184 valence electrons. The summed E-state index contributed by atoms with van der Waals surface area (Å²) in [6.45, 7) is 3.48. The number of nitrogens with zero attached hydrogens (tertiary/aromatic N) is 1. The normalized spacial score (nSPS) is 12.5. The largest absolute Gasteiger partial charge is 0.484 e. The maximum absolute atomic E-state index is 14.6. The fraction of sp³-hybridized carbons (Fsp3) is 0.286. The van der Waals surface area contributed by atoms with Crippen molar-refractivity contribution >= 4 is 23.4 Å². The lowest BCUT2D eigenvalue weighted by Gasteiger charge is -2.32. The number of carbonyl (C=O) groups is 2. The van der Waals surface area contributed by atoms with Gasteiger partial charge in [0.25, 0.3) is 5.91 Å². The van der Waals surface area contributed by atoms with Crippen molar-refractivity contribution in [3.63, 3.8) is 0 Å². The summed E-state index contributed by atoms with van der Waals surface area (Å²) in [5, 5.41) is 3.46. The lowest BCUT2D eigenvalue weighted by Crippen LogP contribution is -2.53. The van der Waals surface area contributed by atoms with Crippen LogP contribution in [0.4, 0.5) is 4.39 Å². The van der Waals surface area contributed by atoms with Crippen LogP contribution < -0.4 is 10.1 Å². The van der Waals surface area contributed by atoms with Gasteiger partial charge in [0.1, 0.15) is 17.6 Å². The van der Waals surface area contributed by atoms with Crippen LogP contribution in [0.2, 0.25) is 5.02 Å². The zero-order chi connectivity index (χ0) is 25.2. The standard InChI is InChI=1S/C28H30ClFN2O3/c1-3-20(2)31-28(34)26(16-21-10-5-4-6-11-21)32(18-22-12-7-8-15-25(22)30)27(33)19-35-24-14-9-13-23(29)17-24/h4-15,17,20,26H,3,16,18-19H2,1-2H3,(H,31,34)/t20-,26-/m0/s1. The van der Waals surface area contributed by atoms with Gasteiger partial charge in [-0.05, 0) is 43.2 Å². The predicted molar refractivity (Wildman–Crippen MR) is 136 cm³/mol. The van der Waals surface area contributed by atoms with E-state index in [-0.39, 0.29) is 31.5 Å². The first kappa shape index (κ1) is 26.2. The van der Waals surface area contributed by atoms with Gasteiger partial charge in [0, 0.05) is 29.6 Å². The third kappa shape index (κ3) is 7.82. The van der Waals surface area contributed by atoms with Crippen LogP contribution >= 0.6 is 11.6 Å². The highest BCUT2D eigenvalue weighted by Crippen LogP contribution is 2.20. The van der Waals surface area contributed by atoms with E-state index in [9.17, 15) is 14.0 Å². The highest BCUT2D eigenvalue weighted by molar-refractivity contribution is 6.30. The third-order valence-corrected chi connectivity index (χ3v) is 5.96. The predicted octanol–water partition coefficient (Wildman–Crippen LogP) is 5.41. The maximum atomic E-state index is 14.6. The van der Waals surface area contributed by atoms with Gasteiger partial charge >= 0.3 is 0 Å². The molecule has 35 heavy (non-hydrogen) atoms. The van der Waals surface area contributed by atoms with Crippen molar-refractivity contribution in [2.24, 2.45) is 0 Å². The second-order valence-corrected chi connectivity index (χ2v) is 8.82. The van der Waals surface area contributed by atoms with E-state index in [1.807, 2.05) is 44.2 Å². The third-order valence-electron chi connectivity index (χ3n) is 5.73. The second-order valence-electron chi connectivity index (χ2n) is 8.38. The molecule has 1 N–H and O–H groups in total. The topological polar surface area (TPSA) is 58.6 Å². The van der Waals surface area contributed by atoms with E-state index in [0.29, 0.717) is 16.3 Å². The van der Waals surface area contributed by atoms with Crippen LogP contribution in [0, 0.1) is 5.82 Å². The first-order valence-electron chi connectivity index (χ1n) is 11.6. The average Bonchev–Trinajstić information content (AvgIpc) is 2.86. The van der Waals surface area contributed by atoms with Gasteiger partial charge in [-0.25, -0.2) is 4.39 Å². The van der Waals surface area contributed by atoms with Crippen molar-refractivity contribution < 1.29 is 18.7 Å². The average molecular weight is 497 g/mol. The van der Waals surface area contributed by atoms with Crippen LogP contribution in [0.3, 0.4) is 0 Å². The smallest absolute Gasteiger partial charge is 0.261 e. The number of carbonyl (C=O) groups excluding carboxylic acids is 2. The molecule has 0 heterocycles. The number of benzene rings is 3. The first-order chi connectivity index (χ1) is 16.9. The van der Waals surface area contributed by atoms with E-state index >= 15 is 0 Å². The van der Waals surface area contributed by atoms with Crippen molar-refractivity contribution in [1.29, 1.82) is 0 Å². The van der Waals surface area contributed by atoms with Gasteiger partial charge in [-0.1, -0.05) is 73.1 Å². The van der Waals surface area contributed by atoms with Crippen LogP contribution in [-0.4, -0.2) is 35.4 Å². The minimum atomic E-state index is -0.860. The lowest BCUT2D eigenvalue weighted by atomic mass is 10.0. The summed E-state index contributed by atoms with van der Waals surface area (Å²) >= 11 is 6.02. The van der Waals surface area contributed by atoms with Crippen LogP contribution in [-0.2, 0) is 22.6 Å². The van der Waals surface area contributed by atoms with Crippen molar-refractivity contribution in [2.45, 2.75) is 45.3 Å². The molecule has 3 rings (SSSR count). The molecule has 0 fully saturated rings. The van der Waals surface area contributed by atoms with E-state index in [2.05, 4.69) is 5.32 Å². The van der Waals surface area contributed by atoms with Gasteiger partial charge in [0.15, 0.2) is 6.61 Å². The second kappa shape index (κ2) is 12.9. The molecule has 0 saturated heterocycles. The molecule has 0 aromatic heterocycles. The van der Waals surface area contributed by atoms with E-state index < -0.39 is 17.8 Å². The van der Waals surface area contributed by atoms with Gasteiger partial charge in [0.05, 0.1) is 0 Å². The molecule has 3 aromatic carbocycles. The molecular formula is C28H30ClFN2O3. The molecule has 0 aliphatic heterocycles. The fourth-order valence-electron chi connectivity index (χ4n) is 3.59. The lowest BCUT2D eigenvalue weighted by molar-refractivity contribution is -0.143. The zero-order valence-corrected chi connectivity index (χ0v) is 20.7. The number of amides is 2. The van der Waals surface area contributed by atoms with E-state index in [1.54, 1.807) is 42.5 Å². The number of hydrogen-bond acceptors (Lipinski definition) is 3. The van der Waals surface area contributed by atoms with Crippen LogP contribution in [0.25, 0.3) is 0 Å². The number of halogens is 2. The van der Waals surface area contributed by atoms with Gasteiger partial charge in [-0.15, -0.1) is 0 Å². The van der Waals surface area contributed by atoms with Gasteiger partial charge in [-0.2, -0.15) is 0 Å². The summed E-state index contributed by atoms with van der Waals surface area (Å²) in [4.78, 5) is 28.3. The SMILES string of the molecule is CC[C@H](C)NC(=O)[C@H](Cc1ccccc1)N(Cc1ccccc1F)C(=O)COc1cccc(Cl)c1. The minimum absolute atomic E-state index is 0.0736. The molecule has 0 bridgehead atoms. The Labute approximate surface area is 210 Å². The molecular weight excluding hydrogens is 467 g/mol. The number of ether oxygens (including phenoxy) is 1. The molecule has 0 radical (unpaired) electrons. The zero-order valence-electron chi connectivity index (χ0n) is 19.9. The van der Waals surface area contributed by atoms with Gasteiger partial charge in [-0.3, -0.25) is 9.59 Å². The Morgan fingerprint density at radius 3 is 2.43 bits per heavy atom. The Bertz CT molecular complexity index is 1130. The van der Waals surface area contributed by atoms with Crippen LogP contribution in [0.1, 0.15) is 31.4 Å². The van der Waals surface area contributed by atoms with Crippen molar-refractivity contribution in [3.05, 3.63) is 101 Å². The maximum Gasteiger partial charge on any atom is 0.261 e. The molecule has 0 aliphatic rings. The highest BCUT2D eigenvalue weighted by Gasteiger charge is 2.31. The quantitative estimate of drug-likeness (QED) is 0.386. The Morgan fingerprint density at radius 2 is 1.74 bits per heavy atom. The Hall–Kier alpha value is -3.38. The van der Waals surface area contributed by atoms with Crippen LogP contribution in [0.5, 0.6) is 5.75 Å². The summed E-state index contributed by atoms with van der Waals surface area (Å²) < 4.78 is 20.3. The molecule has 3 aromatic rings. The molecule has 0 aliphatic carbocycles. The van der Waals surface area contributed by atoms with Gasteiger partial charge in [0.2, 0.25) is 5.91 Å². The Balaban J connectivity index is 1.92. The van der Waals surface area contributed by atoms with Crippen molar-refractivity contribution in [1.82, 2.24) is 10.2 Å². The first-order valence-corrected chi connectivity index (χ1v) is 12.0. The molecule has 0 saturated carbocycles. The molecule has 5 nitrogen and oxygen atoms in total. The molecule has 0 unspecified atom stereocenters. The monoisotopic (exact) mass is 496 g/mol.